The Morgan fingerprint density at radius 2 is 2.27 bits per heavy atom. The fraction of sp³-hybridized carbons (Fsp3) is 0.368. The van der Waals surface area contributed by atoms with Crippen LogP contribution < -0.4 is 14.8 Å². The number of hydrogen-bond donors (Lipinski definition) is 1. The number of anilines is 1. The molecule has 1 aliphatic heterocycles. The maximum atomic E-state index is 12.8. The summed E-state index contributed by atoms with van der Waals surface area (Å²) in [6.45, 7) is 6.45. The molecule has 0 saturated heterocycles. The zero-order valence-electron chi connectivity index (χ0n) is 15.3. The van der Waals surface area contributed by atoms with Gasteiger partial charge in [0.1, 0.15) is 22.4 Å². The van der Waals surface area contributed by atoms with Gasteiger partial charge in [0.05, 0.1) is 22.9 Å². The molecule has 3 aromatic rings. The fourth-order valence-electron chi connectivity index (χ4n) is 3.31. The van der Waals surface area contributed by atoms with Gasteiger partial charge < -0.3 is 14.8 Å². The zero-order valence-corrected chi connectivity index (χ0v) is 16.1. The molecule has 1 atom stereocenters. The summed E-state index contributed by atoms with van der Waals surface area (Å²) in [4.78, 5) is 14.4. The maximum Gasteiger partial charge on any atom is 0.265 e. The summed E-state index contributed by atoms with van der Waals surface area (Å²) in [5.74, 6) is 1.33. The molecule has 0 saturated carbocycles. The summed E-state index contributed by atoms with van der Waals surface area (Å²) >= 11 is 1.43. The number of amides is 1. The van der Waals surface area contributed by atoms with Crippen molar-refractivity contribution in [1.29, 1.82) is 0 Å². The topological polar surface area (TPSA) is 65.4 Å². The van der Waals surface area contributed by atoms with Crippen LogP contribution in [0.4, 0.5) is 5.69 Å². The molecule has 4 rings (SSSR count). The number of nitrogens with zero attached hydrogens (tertiary/aromatic N) is 2. The number of carbonyl (C=O) groups is 1. The van der Waals surface area contributed by atoms with E-state index in [0.29, 0.717) is 22.9 Å². The molecule has 0 radical (unpaired) electrons. The second kappa shape index (κ2) is 6.32. The van der Waals surface area contributed by atoms with Gasteiger partial charge in [-0.1, -0.05) is 0 Å². The van der Waals surface area contributed by atoms with Crippen molar-refractivity contribution in [3.63, 3.8) is 0 Å². The minimum atomic E-state index is -0.155. The van der Waals surface area contributed by atoms with Crippen LogP contribution in [0.15, 0.2) is 18.2 Å². The number of benzene rings is 1. The van der Waals surface area contributed by atoms with Gasteiger partial charge in [-0.25, -0.2) is 0 Å². The lowest BCUT2D eigenvalue weighted by molar-refractivity contribution is 0.103. The van der Waals surface area contributed by atoms with Crippen molar-refractivity contribution in [2.45, 2.75) is 33.3 Å². The summed E-state index contributed by atoms with van der Waals surface area (Å²) in [6, 6.07) is 5.72. The number of carbonyl (C=O) groups excluding carboxylic acids is 1. The first-order valence-electron chi connectivity index (χ1n) is 8.67. The quantitative estimate of drug-likeness (QED) is 0.755. The van der Waals surface area contributed by atoms with E-state index < -0.39 is 0 Å². The summed E-state index contributed by atoms with van der Waals surface area (Å²) in [5.41, 5.74) is 2.67. The largest absolute Gasteiger partial charge is 0.492 e. The van der Waals surface area contributed by atoms with Crippen molar-refractivity contribution in [1.82, 2.24) is 9.78 Å². The third-order valence-electron chi connectivity index (χ3n) is 4.47. The lowest BCUT2D eigenvalue weighted by Gasteiger charge is -2.13. The molecule has 1 unspecified atom stereocenters. The molecule has 0 aliphatic carbocycles. The molecule has 1 amide bonds. The van der Waals surface area contributed by atoms with Crippen molar-refractivity contribution in [2.24, 2.45) is 7.05 Å². The van der Waals surface area contributed by atoms with Gasteiger partial charge in [0.25, 0.3) is 5.91 Å². The molecule has 26 heavy (non-hydrogen) atoms. The Morgan fingerprint density at radius 3 is 3.00 bits per heavy atom. The fourth-order valence-corrected chi connectivity index (χ4v) is 4.33. The van der Waals surface area contributed by atoms with Crippen LogP contribution in [-0.2, 0) is 13.5 Å². The molecule has 1 N–H and O–H groups in total. The molecule has 3 heterocycles. The predicted octanol–water partition coefficient (Wildman–Crippen LogP) is 3.92. The Hall–Kier alpha value is -2.54. The standard InChI is InChI=1S/C19H21N3O3S/c1-5-24-16-7-12-6-10(2)25-15(12)9-14(16)20-18(23)17-8-13-11(3)21-22(4)19(13)26-17/h7-10H,5-6H2,1-4H3,(H,20,23). The Bertz CT molecular complexity index is 971. The monoisotopic (exact) mass is 371 g/mol. The average molecular weight is 371 g/mol. The minimum absolute atomic E-state index is 0.142. The normalized spacial score (nSPS) is 15.8. The zero-order chi connectivity index (χ0) is 18.4. The summed E-state index contributed by atoms with van der Waals surface area (Å²) in [7, 11) is 1.89. The average Bonchev–Trinajstić information content (AvgIpc) is 3.24. The highest BCUT2D eigenvalue weighted by Gasteiger charge is 2.23. The van der Waals surface area contributed by atoms with Gasteiger partial charge in [0.15, 0.2) is 0 Å². The molecule has 0 bridgehead atoms. The van der Waals surface area contributed by atoms with E-state index in [9.17, 15) is 4.79 Å². The smallest absolute Gasteiger partial charge is 0.265 e. The van der Waals surface area contributed by atoms with Crippen LogP contribution in [-0.4, -0.2) is 28.4 Å². The summed E-state index contributed by atoms with van der Waals surface area (Å²) in [6.07, 6.45) is 0.996. The molecule has 7 heteroatoms. The number of hydrogen-bond acceptors (Lipinski definition) is 5. The number of fused-ring (bicyclic) bond motifs is 2. The summed E-state index contributed by atoms with van der Waals surface area (Å²) in [5, 5.41) is 8.37. The van der Waals surface area contributed by atoms with Crippen LogP contribution in [0.2, 0.25) is 0 Å². The van der Waals surface area contributed by atoms with E-state index in [4.69, 9.17) is 9.47 Å². The van der Waals surface area contributed by atoms with Gasteiger partial charge in [-0.05, 0) is 32.9 Å². The SMILES string of the molecule is CCOc1cc2c(cc1NC(=O)c1cc3c(C)nn(C)c3s1)OC(C)C2. The van der Waals surface area contributed by atoms with Gasteiger partial charge in [0, 0.05) is 30.5 Å². The van der Waals surface area contributed by atoms with E-state index in [1.807, 2.05) is 50.7 Å². The second-order valence-corrected chi connectivity index (χ2v) is 7.54. The van der Waals surface area contributed by atoms with Gasteiger partial charge in [-0.15, -0.1) is 11.3 Å². The van der Waals surface area contributed by atoms with Crippen LogP contribution in [0.1, 0.15) is 34.8 Å². The van der Waals surface area contributed by atoms with Gasteiger partial charge in [-0.2, -0.15) is 5.10 Å². The number of rotatable bonds is 4. The third-order valence-corrected chi connectivity index (χ3v) is 5.67. The molecule has 0 spiro atoms. The first kappa shape index (κ1) is 16.9. The van der Waals surface area contributed by atoms with E-state index in [0.717, 1.165) is 33.6 Å². The van der Waals surface area contributed by atoms with Crippen LogP contribution >= 0.6 is 11.3 Å². The van der Waals surface area contributed by atoms with Crippen LogP contribution in [0.25, 0.3) is 10.2 Å². The van der Waals surface area contributed by atoms with Crippen LogP contribution in [0.5, 0.6) is 11.5 Å². The number of aryl methyl sites for hydroxylation is 2. The van der Waals surface area contributed by atoms with Crippen LogP contribution in [0, 0.1) is 6.92 Å². The van der Waals surface area contributed by atoms with Gasteiger partial charge in [-0.3, -0.25) is 9.48 Å². The van der Waals surface area contributed by atoms with Crippen molar-refractivity contribution in [3.8, 4) is 11.5 Å². The Morgan fingerprint density at radius 1 is 1.46 bits per heavy atom. The van der Waals surface area contributed by atoms with Crippen molar-refractivity contribution < 1.29 is 14.3 Å². The van der Waals surface area contributed by atoms with E-state index in [1.54, 1.807) is 0 Å². The first-order valence-corrected chi connectivity index (χ1v) is 9.48. The molecule has 136 valence electrons. The van der Waals surface area contributed by atoms with Gasteiger partial charge in [0.2, 0.25) is 0 Å². The highest BCUT2D eigenvalue weighted by molar-refractivity contribution is 7.20. The molecular formula is C19H21N3O3S. The minimum Gasteiger partial charge on any atom is -0.492 e. The van der Waals surface area contributed by atoms with Crippen molar-refractivity contribution in [3.05, 3.63) is 34.3 Å². The van der Waals surface area contributed by atoms with E-state index >= 15 is 0 Å². The lowest BCUT2D eigenvalue weighted by atomic mass is 10.1. The van der Waals surface area contributed by atoms with E-state index in [-0.39, 0.29) is 12.0 Å². The molecular weight excluding hydrogens is 350 g/mol. The highest BCUT2D eigenvalue weighted by Crippen LogP contribution is 2.38. The van der Waals surface area contributed by atoms with Gasteiger partial charge >= 0.3 is 0 Å². The summed E-state index contributed by atoms with van der Waals surface area (Å²) < 4.78 is 13.4. The van der Waals surface area contributed by atoms with E-state index in [1.165, 1.54) is 11.3 Å². The third kappa shape index (κ3) is 2.82. The predicted molar refractivity (Wildman–Crippen MR) is 103 cm³/mol. The molecule has 6 nitrogen and oxygen atoms in total. The molecule has 1 aromatic carbocycles. The highest BCUT2D eigenvalue weighted by atomic mass is 32.1. The Kier molecular flexibility index (Phi) is 4.11. The van der Waals surface area contributed by atoms with Crippen LogP contribution in [0.3, 0.4) is 0 Å². The number of thiophene rings is 1. The number of aromatic nitrogens is 2. The molecule has 0 fully saturated rings. The van der Waals surface area contributed by atoms with Crippen molar-refractivity contribution in [2.75, 3.05) is 11.9 Å². The molecule has 1 aliphatic rings. The lowest BCUT2D eigenvalue weighted by Crippen LogP contribution is -2.12. The van der Waals surface area contributed by atoms with E-state index in [2.05, 4.69) is 10.4 Å². The Labute approximate surface area is 155 Å². The van der Waals surface area contributed by atoms with Crippen molar-refractivity contribution >= 4 is 33.1 Å². The molecule has 2 aromatic heterocycles. The Balaban J connectivity index is 1.66. The number of ether oxygens (including phenoxy) is 2. The maximum absolute atomic E-state index is 12.8. The number of nitrogens with one attached hydrogen (secondary N) is 1. The first-order chi connectivity index (χ1) is 12.5. The second-order valence-electron chi connectivity index (χ2n) is 6.51.